The van der Waals surface area contributed by atoms with Gasteiger partial charge in [-0.1, -0.05) is 12.1 Å². The van der Waals surface area contributed by atoms with Crippen molar-refractivity contribution < 1.29 is 24.6 Å². The lowest BCUT2D eigenvalue weighted by Crippen LogP contribution is -2.71. The number of nitrogens with zero attached hydrogens (tertiary/aromatic N) is 1. The van der Waals surface area contributed by atoms with E-state index in [9.17, 15) is 24.6 Å². The third-order valence-electron chi connectivity index (χ3n) is 4.19. The SMILES string of the molecule is CC1=C(C(=O)O)N2C(=O)[C@@H](NC(=O)[C@H](N)c3ccc(O)cc3)C2SC1. The molecule has 1 aromatic carbocycles. The average Bonchev–Trinajstić information content (AvgIpc) is 2.58. The van der Waals surface area contributed by atoms with E-state index in [0.29, 0.717) is 16.9 Å². The molecule has 132 valence electrons. The van der Waals surface area contributed by atoms with E-state index in [4.69, 9.17) is 5.73 Å². The summed E-state index contributed by atoms with van der Waals surface area (Å²) in [5.41, 5.74) is 7.00. The third kappa shape index (κ3) is 2.96. The number of fused-ring (bicyclic) bond motifs is 1. The summed E-state index contributed by atoms with van der Waals surface area (Å²) < 4.78 is 0. The van der Waals surface area contributed by atoms with E-state index in [2.05, 4.69) is 5.32 Å². The molecule has 0 bridgehead atoms. The summed E-state index contributed by atoms with van der Waals surface area (Å²) in [7, 11) is 0. The van der Waals surface area contributed by atoms with Crippen LogP contribution in [0.15, 0.2) is 35.5 Å². The van der Waals surface area contributed by atoms with Gasteiger partial charge in [0, 0.05) is 5.75 Å². The maximum Gasteiger partial charge on any atom is 0.352 e. The fraction of sp³-hybridized carbons (Fsp3) is 0.312. The van der Waals surface area contributed by atoms with E-state index in [1.54, 1.807) is 6.92 Å². The summed E-state index contributed by atoms with van der Waals surface area (Å²) in [6.45, 7) is 1.67. The number of hydrogen-bond donors (Lipinski definition) is 4. The normalized spacial score (nSPS) is 23.6. The molecule has 3 rings (SSSR count). The highest BCUT2D eigenvalue weighted by atomic mass is 32.2. The number of carbonyl (C=O) groups excluding carboxylic acids is 2. The first-order chi connectivity index (χ1) is 11.8. The van der Waals surface area contributed by atoms with Gasteiger partial charge in [0.15, 0.2) is 0 Å². The number of benzene rings is 1. The van der Waals surface area contributed by atoms with Gasteiger partial charge in [-0.05, 0) is 30.2 Å². The Labute approximate surface area is 147 Å². The zero-order valence-electron chi connectivity index (χ0n) is 13.3. The monoisotopic (exact) mass is 363 g/mol. The van der Waals surface area contributed by atoms with Crippen molar-refractivity contribution in [2.24, 2.45) is 5.73 Å². The molecule has 0 aromatic heterocycles. The maximum atomic E-state index is 12.3. The largest absolute Gasteiger partial charge is 0.508 e. The van der Waals surface area contributed by atoms with Crippen LogP contribution >= 0.6 is 11.8 Å². The molecule has 0 spiro atoms. The fourth-order valence-corrected chi connectivity index (χ4v) is 4.14. The van der Waals surface area contributed by atoms with Crippen LogP contribution in [-0.4, -0.2) is 50.1 Å². The van der Waals surface area contributed by atoms with Crippen LogP contribution < -0.4 is 11.1 Å². The molecule has 2 aliphatic heterocycles. The molecule has 9 heteroatoms. The van der Waals surface area contributed by atoms with E-state index < -0.39 is 35.2 Å². The lowest BCUT2D eigenvalue weighted by atomic mass is 10.0. The van der Waals surface area contributed by atoms with E-state index in [0.717, 1.165) is 0 Å². The van der Waals surface area contributed by atoms with Crippen molar-refractivity contribution in [3.8, 4) is 5.75 Å². The van der Waals surface area contributed by atoms with Crippen LogP contribution in [0.5, 0.6) is 5.75 Å². The van der Waals surface area contributed by atoms with E-state index >= 15 is 0 Å². The van der Waals surface area contributed by atoms with Gasteiger partial charge in [-0.2, -0.15) is 0 Å². The minimum Gasteiger partial charge on any atom is -0.508 e. The van der Waals surface area contributed by atoms with Crippen molar-refractivity contribution in [3.63, 3.8) is 0 Å². The molecule has 2 heterocycles. The Bertz CT molecular complexity index is 776. The molecule has 5 N–H and O–H groups in total. The summed E-state index contributed by atoms with van der Waals surface area (Å²) in [4.78, 5) is 37.2. The number of nitrogens with one attached hydrogen (secondary N) is 1. The summed E-state index contributed by atoms with van der Waals surface area (Å²) in [6, 6.07) is 4.09. The predicted octanol–water partition coefficient (Wildman–Crippen LogP) is 0.151. The number of carboxylic acid groups (broad SMARTS) is 1. The summed E-state index contributed by atoms with van der Waals surface area (Å²) in [6.07, 6.45) is 0. The number of hydrogen-bond acceptors (Lipinski definition) is 6. The molecule has 3 atom stereocenters. The van der Waals surface area contributed by atoms with Crippen molar-refractivity contribution in [2.45, 2.75) is 24.4 Å². The highest BCUT2D eigenvalue weighted by Crippen LogP contribution is 2.40. The summed E-state index contributed by atoms with van der Waals surface area (Å²) >= 11 is 1.40. The molecule has 2 aliphatic rings. The number of carboxylic acids is 1. The molecule has 1 saturated heterocycles. The number of rotatable bonds is 4. The van der Waals surface area contributed by atoms with Crippen LogP contribution in [-0.2, 0) is 14.4 Å². The van der Waals surface area contributed by atoms with Gasteiger partial charge in [-0.3, -0.25) is 14.5 Å². The van der Waals surface area contributed by atoms with Crippen molar-refractivity contribution in [1.29, 1.82) is 0 Å². The molecular formula is C16H17N3O5S. The Balaban J connectivity index is 1.71. The molecular weight excluding hydrogens is 346 g/mol. The number of aliphatic carboxylic acids is 1. The first-order valence-electron chi connectivity index (χ1n) is 7.54. The number of phenols is 1. The zero-order valence-corrected chi connectivity index (χ0v) is 14.1. The number of β-lactam (4-membered cyclic amide) rings is 1. The van der Waals surface area contributed by atoms with E-state index in [1.165, 1.54) is 40.9 Å². The van der Waals surface area contributed by atoms with Crippen molar-refractivity contribution >= 4 is 29.5 Å². The van der Waals surface area contributed by atoms with Crippen LogP contribution in [0.2, 0.25) is 0 Å². The summed E-state index contributed by atoms with van der Waals surface area (Å²) in [5.74, 6) is -1.61. The molecule has 0 saturated carbocycles. The topological polar surface area (TPSA) is 133 Å². The van der Waals surface area contributed by atoms with Gasteiger partial charge in [0.05, 0.1) is 0 Å². The van der Waals surface area contributed by atoms with Gasteiger partial charge < -0.3 is 21.3 Å². The Morgan fingerprint density at radius 1 is 1.36 bits per heavy atom. The first kappa shape index (κ1) is 17.3. The number of phenolic OH excluding ortho intramolecular Hbond substituents is 1. The van der Waals surface area contributed by atoms with Gasteiger partial charge >= 0.3 is 5.97 Å². The highest BCUT2D eigenvalue weighted by molar-refractivity contribution is 8.00. The number of aromatic hydroxyl groups is 1. The van der Waals surface area contributed by atoms with Gasteiger partial charge in [0.1, 0.15) is 28.9 Å². The highest BCUT2D eigenvalue weighted by Gasteiger charge is 2.53. The van der Waals surface area contributed by atoms with Crippen LogP contribution in [0.1, 0.15) is 18.5 Å². The third-order valence-corrected chi connectivity index (χ3v) is 5.62. The molecule has 1 fully saturated rings. The van der Waals surface area contributed by atoms with Gasteiger partial charge in [0.25, 0.3) is 5.91 Å². The molecule has 8 nitrogen and oxygen atoms in total. The lowest BCUT2D eigenvalue weighted by Gasteiger charge is -2.49. The van der Waals surface area contributed by atoms with Gasteiger partial charge in [-0.25, -0.2) is 4.79 Å². The Morgan fingerprint density at radius 3 is 2.60 bits per heavy atom. The van der Waals surface area contributed by atoms with Crippen molar-refractivity contribution in [3.05, 3.63) is 41.1 Å². The van der Waals surface area contributed by atoms with Gasteiger partial charge in [0.2, 0.25) is 5.91 Å². The Kier molecular flexibility index (Phi) is 4.44. The minimum atomic E-state index is -1.15. The zero-order chi connectivity index (χ0) is 18.3. The smallest absolute Gasteiger partial charge is 0.352 e. The van der Waals surface area contributed by atoms with Crippen LogP contribution in [0.3, 0.4) is 0 Å². The second-order valence-corrected chi connectivity index (χ2v) is 7.00. The Hall–Kier alpha value is -2.52. The lowest BCUT2D eigenvalue weighted by molar-refractivity contribution is -0.150. The fourth-order valence-electron chi connectivity index (χ4n) is 2.85. The second-order valence-electron chi connectivity index (χ2n) is 5.90. The van der Waals surface area contributed by atoms with Crippen LogP contribution in [0.4, 0.5) is 0 Å². The molecule has 1 unspecified atom stereocenters. The molecule has 1 aromatic rings. The van der Waals surface area contributed by atoms with E-state index in [-0.39, 0.29) is 11.4 Å². The number of amides is 2. The second kappa shape index (κ2) is 6.41. The van der Waals surface area contributed by atoms with Crippen LogP contribution in [0, 0.1) is 0 Å². The number of nitrogens with two attached hydrogens (primary N) is 1. The molecule has 2 amide bonds. The average molecular weight is 363 g/mol. The number of thioether (sulfide) groups is 1. The summed E-state index contributed by atoms with van der Waals surface area (Å²) in [5, 5.41) is 20.7. The molecule has 0 radical (unpaired) electrons. The quantitative estimate of drug-likeness (QED) is 0.560. The predicted molar refractivity (Wildman–Crippen MR) is 90.4 cm³/mol. The van der Waals surface area contributed by atoms with Crippen LogP contribution in [0.25, 0.3) is 0 Å². The molecule has 0 aliphatic carbocycles. The van der Waals surface area contributed by atoms with Gasteiger partial charge in [-0.15, -0.1) is 11.8 Å². The number of carbonyl (C=O) groups is 3. The first-order valence-corrected chi connectivity index (χ1v) is 8.58. The minimum absolute atomic E-state index is 0.0120. The van der Waals surface area contributed by atoms with Crippen molar-refractivity contribution in [1.82, 2.24) is 10.2 Å². The van der Waals surface area contributed by atoms with Crippen molar-refractivity contribution in [2.75, 3.05) is 5.75 Å². The maximum absolute atomic E-state index is 12.3. The van der Waals surface area contributed by atoms with E-state index in [1.807, 2.05) is 0 Å². The standard InChI is InChI=1S/C16H17N3O5S/c1-7-6-25-15-11(14(22)19(15)12(7)16(23)24)18-13(21)10(17)8-2-4-9(20)5-3-8/h2-5,10-11,15,20H,6,17H2,1H3,(H,18,21)(H,23,24)/t10-,11-,15?/m1/s1. The Morgan fingerprint density at radius 2 is 2.00 bits per heavy atom. The molecule has 25 heavy (non-hydrogen) atoms.